The maximum absolute atomic E-state index is 13.5. The molecule has 0 aromatic heterocycles. The molecule has 0 aliphatic carbocycles. The molecule has 0 bridgehead atoms. The summed E-state index contributed by atoms with van der Waals surface area (Å²) in [6.45, 7) is 5.75. The summed E-state index contributed by atoms with van der Waals surface area (Å²) in [5.74, 6) is -0.317. The minimum absolute atomic E-state index is 0.0167. The summed E-state index contributed by atoms with van der Waals surface area (Å²) in [7, 11) is 0. The molecule has 1 aromatic rings. The van der Waals surface area contributed by atoms with Gasteiger partial charge in [0, 0.05) is 25.0 Å². The van der Waals surface area contributed by atoms with Gasteiger partial charge in [-0.2, -0.15) is 0 Å². The van der Waals surface area contributed by atoms with Crippen LogP contribution in [0.2, 0.25) is 0 Å². The second-order valence-corrected chi connectivity index (χ2v) is 8.34. The van der Waals surface area contributed by atoms with Crippen LogP contribution in [-0.4, -0.2) is 41.1 Å². The van der Waals surface area contributed by atoms with Gasteiger partial charge in [0.2, 0.25) is 6.73 Å². The number of carbonyl (C=O) groups excluding carboxylic acids is 2. The van der Waals surface area contributed by atoms with Crippen LogP contribution in [0, 0.1) is 16.0 Å². The molecule has 1 aliphatic heterocycles. The van der Waals surface area contributed by atoms with E-state index in [1.165, 1.54) is 37.1 Å². The third kappa shape index (κ3) is 6.36. The zero-order valence-electron chi connectivity index (χ0n) is 18.3. The molecular weight excluding hydrogens is 384 g/mol. The minimum Gasteiger partial charge on any atom is -0.411 e. The first-order chi connectivity index (χ1) is 14.4. The van der Waals surface area contributed by atoms with Crippen LogP contribution in [0.5, 0.6) is 0 Å². The minimum atomic E-state index is -0.544. The van der Waals surface area contributed by atoms with Gasteiger partial charge in [0.05, 0.1) is 29.5 Å². The normalized spacial score (nSPS) is 16.2. The summed E-state index contributed by atoms with van der Waals surface area (Å²) in [6.07, 6.45) is 9.23. The number of hydrogen-bond acceptors (Lipinski definition) is 5. The molecule has 0 saturated carbocycles. The number of nitrogens with zero attached hydrogens (tertiary/aromatic N) is 2. The summed E-state index contributed by atoms with van der Waals surface area (Å²) in [6, 6.07) is 5.36. The van der Waals surface area contributed by atoms with E-state index in [2.05, 4.69) is 13.8 Å². The Balaban J connectivity index is 2.03. The second-order valence-electron chi connectivity index (χ2n) is 8.34. The fourth-order valence-corrected chi connectivity index (χ4v) is 4.28. The summed E-state index contributed by atoms with van der Waals surface area (Å²) in [5, 5.41) is 10.8. The highest BCUT2D eigenvalue weighted by Crippen LogP contribution is 2.28. The maximum Gasteiger partial charge on any atom is 0.342 e. The highest BCUT2D eigenvalue weighted by Gasteiger charge is 2.44. The molecule has 1 saturated heterocycles. The molecule has 30 heavy (non-hydrogen) atoms. The Labute approximate surface area is 179 Å². The number of ether oxygens (including phenoxy) is 1. The molecule has 0 spiro atoms. The van der Waals surface area contributed by atoms with E-state index in [1.54, 1.807) is 0 Å². The van der Waals surface area contributed by atoms with Crippen molar-refractivity contribution in [3.05, 3.63) is 39.9 Å². The van der Waals surface area contributed by atoms with Gasteiger partial charge in [-0.1, -0.05) is 46.0 Å². The molecule has 2 rings (SSSR count). The van der Waals surface area contributed by atoms with Crippen LogP contribution < -0.4 is 0 Å². The van der Waals surface area contributed by atoms with Gasteiger partial charge in [-0.05, 0) is 25.0 Å². The molecule has 7 heteroatoms. The van der Waals surface area contributed by atoms with Crippen molar-refractivity contribution in [3.8, 4) is 0 Å². The summed E-state index contributed by atoms with van der Waals surface area (Å²) >= 11 is 0. The molecular formula is C23H35N2O5+. The fourth-order valence-electron chi connectivity index (χ4n) is 4.28. The van der Waals surface area contributed by atoms with Crippen LogP contribution >= 0.6 is 0 Å². The van der Waals surface area contributed by atoms with Gasteiger partial charge in [-0.25, -0.2) is 14.1 Å². The number of likely N-dealkylation sites (tertiary alicyclic amines) is 1. The Kier molecular flexibility index (Phi) is 9.43. The Morgan fingerprint density at radius 3 is 2.27 bits per heavy atom. The first-order valence-electron chi connectivity index (χ1n) is 11.3. The van der Waals surface area contributed by atoms with Gasteiger partial charge < -0.3 is 4.74 Å². The predicted octanol–water partition coefficient (Wildman–Crippen LogP) is 5.23. The molecule has 166 valence electrons. The largest absolute Gasteiger partial charge is 0.411 e. The molecule has 0 unspecified atom stereocenters. The van der Waals surface area contributed by atoms with Crippen LogP contribution in [0.15, 0.2) is 24.3 Å². The summed E-state index contributed by atoms with van der Waals surface area (Å²) in [5.41, 5.74) is 0.185. The van der Waals surface area contributed by atoms with Gasteiger partial charge in [0.15, 0.2) is 0 Å². The number of unbranched alkanes of at least 4 members (excludes halogenated alkanes) is 3. The summed E-state index contributed by atoms with van der Waals surface area (Å²) < 4.78 is 5.77. The average Bonchev–Trinajstić information content (AvgIpc) is 3.24. The van der Waals surface area contributed by atoms with Crippen molar-refractivity contribution in [2.75, 3.05) is 19.8 Å². The Hall–Kier alpha value is -2.28. The number of non-ortho nitro benzene ring substituents is 1. The molecule has 7 nitrogen and oxygen atoms in total. The standard InChI is InChI=1S/C23H35N2O5/c1-3-5-6-7-11-19(10-4-2)22(26)25(16-8-9-17-25)18-30-23(27)20-12-14-21(15-13-20)24(28)29/h12-15,19H,3-11,16-18H2,1-2H3/q+1/t19-/m0/s1. The predicted molar refractivity (Wildman–Crippen MR) is 115 cm³/mol. The van der Waals surface area contributed by atoms with Gasteiger partial charge in [-0.3, -0.25) is 10.1 Å². The lowest BCUT2D eigenvalue weighted by Gasteiger charge is -2.33. The third-order valence-electron chi connectivity index (χ3n) is 6.04. The highest BCUT2D eigenvalue weighted by atomic mass is 16.6. The number of hydrogen-bond donors (Lipinski definition) is 0. The second kappa shape index (κ2) is 11.8. The zero-order chi connectivity index (χ0) is 22.0. The molecule has 1 atom stereocenters. The van der Waals surface area contributed by atoms with Crippen molar-refractivity contribution in [1.82, 2.24) is 0 Å². The molecule has 0 N–H and O–H groups in total. The average molecular weight is 420 g/mol. The molecule has 1 fully saturated rings. The number of benzene rings is 1. The molecule has 1 aromatic carbocycles. The van der Waals surface area contributed by atoms with Gasteiger partial charge >= 0.3 is 11.9 Å². The van der Waals surface area contributed by atoms with E-state index >= 15 is 0 Å². The molecule has 1 heterocycles. The number of carbonyl (C=O) groups is 2. The van der Waals surface area contributed by atoms with E-state index in [0.29, 0.717) is 13.1 Å². The SMILES string of the molecule is CCCCCC[C@H](CCC)C(=O)[N+]1(COC(=O)c2ccc([N+](=O)[O-])cc2)CCCC1. The number of rotatable bonds is 12. The van der Waals surface area contributed by atoms with E-state index in [9.17, 15) is 19.7 Å². The van der Waals surface area contributed by atoms with Crippen molar-refractivity contribution >= 4 is 17.6 Å². The third-order valence-corrected chi connectivity index (χ3v) is 6.04. The van der Waals surface area contributed by atoms with E-state index in [-0.39, 0.29) is 34.3 Å². The number of esters is 1. The molecule has 0 radical (unpaired) electrons. The lowest BCUT2D eigenvalue weighted by atomic mass is 9.94. The van der Waals surface area contributed by atoms with Crippen LogP contribution in [0.25, 0.3) is 0 Å². The van der Waals surface area contributed by atoms with Crippen molar-refractivity contribution in [2.24, 2.45) is 5.92 Å². The first-order valence-corrected chi connectivity index (χ1v) is 11.3. The molecule has 1 aliphatic rings. The Morgan fingerprint density at radius 1 is 1.03 bits per heavy atom. The van der Waals surface area contributed by atoms with Gasteiger partial charge in [0.1, 0.15) is 0 Å². The lowest BCUT2D eigenvalue weighted by Crippen LogP contribution is -2.54. The Morgan fingerprint density at radius 2 is 1.70 bits per heavy atom. The monoisotopic (exact) mass is 419 g/mol. The fraction of sp³-hybridized carbons (Fsp3) is 0.652. The van der Waals surface area contributed by atoms with E-state index in [0.717, 1.165) is 44.9 Å². The van der Waals surface area contributed by atoms with Crippen LogP contribution in [0.4, 0.5) is 5.69 Å². The van der Waals surface area contributed by atoms with Crippen LogP contribution in [0.1, 0.15) is 82.0 Å². The lowest BCUT2D eigenvalue weighted by molar-refractivity contribution is -0.861. The van der Waals surface area contributed by atoms with Crippen molar-refractivity contribution in [3.63, 3.8) is 0 Å². The van der Waals surface area contributed by atoms with Crippen molar-refractivity contribution in [1.29, 1.82) is 0 Å². The Bertz CT molecular complexity index is 711. The number of quaternary nitrogens is 1. The van der Waals surface area contributed by atoms with Crippen molar-refractivity contribution in [2.45, 2.75) is 71.6 Å². The van der Waals surface area contributed by atoms with E-state index in [4.69, 9.17) is 4.74 Å². The van der Waals surface area contributed by atoms with Crippen LogP contribution in [0.3, 0.4) is 0 Å². The van der Waals surface area contributed by atoms with Gasteiger partial charge in [0.25, 0.3) is 5.69 Å². The molecule has 1 amide bonds. The van der Waals surface area contributed by atoms with Gasteiger partial charge in [-0.15, -0.1) is 0 Å². The zero-order valence-corrected chi connectivity index (χ0v) is 18.3. The van der Waals surface area contributed by atoms with Crippen LogP contribution in [-0.2, 0) is 9.53 Å². The quantitative estimate of drug-likeness (QED) is 0.152. The number of nitro benzene ring substituents is 1. The van der Waals surface area contributed by atoms with E-state index in [1.807, 2.05) is 0 Å². The highest BCUT2D eigenvalue weighted by molar-refractivity contribution is 5.89. The van der Waals surface area contributed by atoms with E-state index < -0.39 is 10.9 Å². The summed E-state index contributed by atoms with van der Waals surface area (Å²) in [4.78, 5) is 36.2. The number of amides is 1. The number of nitro groups is 1. The van der Waals surface area contributed by atoms with Crippen molar-refractivity contribution < 1.29 is 23.7 Å². The topological polar surface area (TPSA) is 86.5 Å². The smallest absolute Gasteiger partial charge is 0.342 e. The maximum atomic E-state index is 13.5. The first kappa shape index (κ1) is 24.0.